The molecule has 0 radical (unpaired) electrons. The minimum Gasteiger partial charge on any atom is -0.396 e. The molecule has 0 unspecified atom stereocenters. The fourth-order valence-corrected chi connectivity index (χ4v) is 1.73. The van der Waals surface area contributed by atoms with Gasteiger partial charge < -0.3 is 15.3 Å². The van der Waals surface area contributed by atoms with E-state index in [4.69, 9.17) is 5.11 Å². The Kier molecular flexibility index (Phi) is 6.58. The number of aliphatic hydroxyl groups is 1. The van der Waals surface area contributed by atoms with Crippen LogP contribution in [0.25, 0.3) is 0 Å². The first-order valence-electron chi connectivity index (χ1n) is 6.26. The minimum absolute atomic E-state index is 0.223. The molecule has 0 bridgehead atoms. The highest BCUT2D eigenvalue weighted by atomic mass is 16.3. The van der Waals surface area contributed by atoms with Crippen LogP contribution < -0.4 is 10.2 Å². The maximum Gasteiger partial charge on any atom is 0.132 e. The number of rotatable bonds is 8. The Bertz CT molecular complexity index is 317. The molecule has 0 atom stereocenters. The lowest BCUT2D eigenvalue weighted by Crippen LogP contribution is -2.24. The van der Waals surface area contributed by atoms with Gasteiger partial charge in [-0.25, -0.2) is 4.98 Å². The standard InChI is InChI=1S/C13H23N3O/c1-3-7-14-11-12-6-4-8-15-13(12)16(2)9-5-10-17/h4,6,8,14,17H,3,5,7,9-11H2,1-2H3. The normalized spacial score (nSPS) is 10.5. The molecule has 1 heterocycles. The summed E-state index contributed by atoms with van der Waals surface area (Å²) in [7, 11) is 2.02. The van der Waals surface area contributed by atoms with E-state index in [0.717, 1.165) is 38.3 Å². The summed E-state index contributed by atoms with van der Waals surface area (Å²) >= 11 is 0. The third-order valence-corrected chi connectivity index (χ3v) is 2.62. The van der Waals surface area contributed by atoms with Crippen molar-refractivity contribution in [3.05, 3.63) is 23.9 Å². The fourth-order valence-electron chi connectivity index (χ4n) is 1.73. The molecule has 0 aliphatic rings. The zero-order valence-electron chi connectivity index (χ0n) is 10.8. The van der Waals surface area contributed by atoms with E-state index in [1.807, 2.05) is 19.3 Å². The smallest absolute Gasteiger partial charge is 0.132 e. The van der Waals surface area contributed by atoms with Crippen LogP contribution in [0.4, 0.5) is 5.82 Å². The largest absolute Gasteiger partial charge is 0.396 e. The van der Waals surface area contributed by atoms with Crippen molar-refractivity contribution in [3.63, 3.8) is 0 Å². The Morgan fingerprint density at radius 1 is 1.47 bits per heavy atom. The Labute approximate surface area is 104 Å². The average Bonchev–Trinajstić information content (AvgIpc) is 2.37. The third-order valence-electron chi connectivity index (χ3n) is 2.62. The van der Waals surface area contributed by atoms with E-state index in [0.29, 0.717) is 0 Å². The molecule has 0 amide bonds. The summed E-state index contributed by atoms with van der Waals surface area (Å²) in [6, 6.07) is 4.06. The molecule has 4 heteroatoms. The molecule has 2 N–H and O–H groups in total. The number of anilines is 1. The maximum absolute atomic E-state index is 8.85. The first kappa shape index (κ1) is 13.9. The van der Waals surface area contributed by atoms with Crippen LogP contribution in [-0.2, 0) is 6.54 Å². The van der Waals surface area contributed by atoms with Gasteiger partial charge in [0.05, 0.1) is 0 Å². The van der Waals surface area contributed by atoms with Crippen molar-refractivity contribution in [1.82, 2.24) is 10.3 Å². The predicted octanol–water partition coefficient (Wildman–Crippen LogP) is 1.40. The quantitative estimate of drug-likeness (QED) is 0.671. The minimum atomic E-state index is 0.223. The van der Waals surface area contributed by atoms with Gasteiger partial charge in [0.15, 0.2) is 0 Å². The average molecular weight is 237 g/mol. The molecular weight excluding hydrogens is 214 g/mol. The summed E-state index contributed by atoms with van der Waals surface area (Å²) in [6.45, 7) is 5.08. The van der Waals surface area contributed by atoms with E-state index in [9.17, 15) is 0 Å². The molecule has 0 aliphatic carbocycles. The zero-order valence-corrected chi connectivity index (χ0v) is 10.8. The topological polar surface area (TPSA) is 48.4 Å². The number of hydrogen-bond donors (Lipinski definition) is 2. The molecule has 0 saturated carbocycles. The monoisotopic (exact) mass is 237 g/mol. The number of aliphatic hydroxyl groups excluding tert-OH is 1. The highest BCUT2D eigenvalue weighted by Gasteiger charge is 2.07. The van der Waals surface area contributed by atoms with Crippen LogP contribution in [0.5, 0.6) is 0 Å². The number of nitrogens with zero attached hydrogens (tertiary/aromatic N) is 2. The van der Waals surface area contributed by atoms with Crippen LogP contribution in [0.15, 0.2) is 18.3 Å². The molecule has 4 nitrogen and oxygen atoms in total. The second-order valence-electron chi connectivity index (χ2n) is 4.16. The Morgan fingerprint density at radius 3 is 3.00 bits per heavy atom. The second kappa shape index (κ2) is 8.03. The molecule has 0 spiro atoms. The van der Waals surface area contributed by atoms with Gasteiger partial charge in [-0.3, -0.25) is 0 Å². The van der Waals surface area contributed by atoms with Crippen molar-refractivity contribution >= 4 is 5.82 Å². The van der Waals surface area contributed by atoms with Crippen molar-refractivity contribution in [2.75, 3.05) is 31.6 Å². The molecule has 96 valence electrons. The molecule has 0 aromatic carbocycles. The van der Waals surface area contributed by atoms with Crippen molar-refractivity contribution in [2.24, 2.45) is 0 Å². The van der Waals surface area contributed by atoms with Gasteiger partial charge in [-0.15, -0.1) is 0 Å². The van der Waals surface area contributed by atoms with Crippen LogP contribution in [0, 0.1) is 0 Å². The van der Waals surface area contributed by atoms with Gasteiger partial charge in [0, 0.05) is 38.5 Å². The molecule has 1 aromatic heterocycles. The van der Waals surface area contributed by atoms with Crippen molar-refractivity contribution in [3.8, 4) is 0 Å². The Balaban J connectivity index is 2.62. The number of aromatic nitrogens is 1. The van der Waals surface area contributed by atoms with Crippen LogP contribution >= 0.6 is 0 Å². The van der Waals surface area contributed by atoms with E-state index < -0.39 is 0 Å². The van der Waals surface area contributed by atoms with Gasteiger partial charge in [0.25, 0.3) is 0 Å². The molecule has 0 saturated heterocycles. The van der Waals surface area contributed by atoms with E-state index in [2.05, 4.69) is 28.2 Å². The maximum atomic E-state index is 8.85. The first-order chi connectivity index (χ1) is 8.29. The molecule has 17 heavy (non-hydrogen) atoms. The van der Waals surface area contributed by atoms with Crippen LogP contribution in [0.1, 0.15) is 25.3 Å². The van der Waals surface area contributed by atoms with Crippen LogP contribution in [0.3, 0.4) is 0 Å². The van der Waals surface area contributed by atoms with Gasteiger partial charge in [-0.05, 0) is 25.5 Å². The molecule has 0 fully saturated rings. The van der Waals surface area contributed by atoms with Crippen LogP contribution in [-0.4, -0.2) is 36.8 Å². The lowest BCUT2D eigenvalue weighted by Gasteiger charge is -2.20. The van der Waals surface area contributed by atoms with Crippen molar-refractivity contribution in [2.45, 2.75) is 26.3 Å². The van der Waals surface area contributed by atoms with Crippen LogP contribution in [0.2, 0.25) is 0 Å². The Morgan fingerprint density at radius 2 is 2.29 bits per heavy atom. The molecule has 1 aromatic rings. The summed E-state index contributed by atoms with van der Waals surface area (Å²) in [5.74, 6) is 1.00. The summed E-state index contributed by atoms with van der Waals surface area (Å²) in [4.78, 5) is 6.51. The lowest BCUT2D eigenvalue weighted by molar-refractivity contribution is 0.290. The molecular formula is C13H23N3O. The summed E-state index contributed by atoms with van der Waals surface area (Å²) in [5.41, 5.74) is 1.21. The highest BCUT2D eigenvalue weighted by molar-refractivity contribution is 5.45. The predicted molar refractivity (Wildman–Crippen MR) is 71.2 cm³/mol. The first-order valence-corrected chi connectivity index (χ1v) is 6.26. The van der Waals surface area contributed by atoms with Gasteiger partial charge in [-0.2, -0.15) is 0 Å². The summed E-state index contributed by atoms with van der Waals surface area (Å²) in [5, 5.41) is 12.2. The van der Waals surface area contributed by atoms with E-state index in [-0.39, 0.29) is 6.61 Å². The van der Waals surface area contributed by atoms with E-state index in [1.165, 1.54) is 5.56 Å². The number of hydrogen-bond acceptors (Lipinski definition) is 4. The van der Waals surface area contributed by atoms with Gasteiger partial charge in [0.2, 0.25) is 0 Å². The molecule has 1 rings (SSSR count). The molecule has 0 aliphatic heterocycles. The SMILES string of the molecule is CCCNCc1cccnc1N(C)CCCO. The van der Waals surface area contributed by atoms with Gasteiger partial charge in [-0.1, -0.05) is 13.0 Å². The number of pyridine rings is 1. The highest BCUT2D eigenvalue weighted by Crippen LogP contribution is 2.15. The lowest BCUT2D eigenvalue weighted by atomic mass is 10.2. The fraction of sp³-hybridized carbons (Fsp3) is 0.615. The van der Waals surface area contributed by atoms with E-state index in [1.54, 1.807) is 0 Å². The Hall–Kier alpha value is -1.13. The second-order valence-corrected chi connectivity index (χ2v) is 4.16. The van der Waals surface area contributed by atoms with Gasteiger partial charge >= 0.3 is 0 Å². The zero-order chi connectivity index (χ0) is 12.5. The van der Waals surface area contributed by atoms with E-state index >= 15 is 0 Å². The van der Waals surface area contributed by atoms with Gasteiger partial charge in [0.1, 0.15) is 5.82 Å². The summed E-state index contributed by atoms with van der Waals surface area (Å²) < 4.78 is 0. The third kappa shape index (κ3) is 4.71. The van der Waals surface area contributed by atoms with Crippen molar-refractivity contribution < 1.29 is 5.11 Å². The summed E-state index contributed by atoms with van der Waals surface area (Å²) in [6.07, 6.45) is 3.72. The van der Waals surface area contributed by atoms with Crippen molar-refractivity contribution in [1.29, 1.82) is 0 Å². The number of nitrogens with one attached hydrogen (secondary N) is 1.